The molecule has 0 N–H and O–H groups in total. The molecule has 17 heavy (non-hydrogen) atoms. The van der Waals surface area contributed by atoms with Crippen molar-refractivity contribution in [2.24, 2.45) is 0 Å². The third-order valence-corrected chi connectivity index (χ3v) is 3.26. The van der Waals surface area contributed by atoms with Crippen LogP contribution in [0.5, 0.6) is 0 Å². The molecule has 0 aromatic heterocycles. The highest BCUT2D eigenvalue weighted by Crippen LogP contribution is 2.22. The molecule has 0 heterocycles. The number of carbonyl (C=O) groups is 1. The van der Waals surface area contributed by atoms with Crippen molar-refractivity contribution < 1.29 is 9.18 Å². The molecule has 0 atom stereocenters. The Bertz CT molecular complexity index is 465. The number of carbonyl (C=O) groups excluding carboxylic acids is 1. The number of hydrogen-bond acceptors (Lipinski definition) is 1. The van der Waals surface area contributed by atoms with Gasteiger partial charge in [-0.05, 0) is 49.5 Å². The summed E-state index contributed by atoms with van der Waals surface area (Å²) in [5, 5.41) is 0.139. The lowest BCUT2D eigenvalue weighted by atomic mass is 10.0. The predicted octanol–water partition coefficient (Wildman–Crippen LogP) is 4.09. The fourth-order valence-electron chi connectivity index (χ4n) is 2.07. The van der Waals surface area contributed by atoms with Crippen LogP contribution in [0.4, 0.5) is 4.39 Å². The van der Waals surface area contributed by atoms with Gasteiger partial charge in [0.25, 0.3) is 0 Å². The molecule has 0 saturated heterocycles. The number of ketones is 1. The van der Waals surface area contributed by atoms with Gasteiger partial charge in [0.1, 0.15) is 5.82 Å². The van der Waals surface area contributed by atoms with E-state index in [-0.39, 0.29) is 10.8 Å². The van der Waals surface area contributed by atoms with Gasteiger partial charge in [-0.2, -0.15) is 0 Å². The molecule has 1 nitrogen and oxygen atoms in total. The van der Waals surface area contributed by atoms with Crippen LogP contribution in [0.25, 0.3) is 0 Å². The molecular formula is C14H14ClFO. The Labute approximate surface area is 105 Å². The van der Waals surface area contributed by atoms with Gasteiger partial charge in [0.15, 0.2) is 5.78 Å². The van der Waals surface area contributed by atoms with Crippen molar-refractivity contribution >= 4 is 17.4 Å². The summed E-state index contributed by atoms with van der Waals surface area (Å²) in [7, 11) is 0. The summed E-state index contributed by atoms with van der Waals surface area (Å²) < 4.78 is 13.3. The topological polar surface area (TPSA) is 17.1 Å². The zero-order valence-corrected chi connectivity index (χ0v) is 10.3. The average Bonchev–Trinajstić information content (AvgIpc) is 2.48. The van der Waals surface area contributed by atoms with Crippen LogP contribution in [0.1, 0.15) is 31.2 Å². The minimum atomic E-state index is -0.398. The zero-order valence-electron chi connectivity index (χ0n) is 9.51. The van der Waals surface area contributed by atoms with E-state index in [1.165, 1.54) is 6.07 Å². The Balaban J connectivity index is 2.14. The molecule has 90 valence electrons. The molecular weight excluding hydrogens is 239 g/mol. The third kappa shape index (κ3) is 3.40. The van der Waals surface area contributed by atoms with Crippen LogP contribution in [-0.2, 0) is 11.2 Å². The van der Waals surface area contributed by atoms with Gasteiger partial charge in [-0.1, -0.05) is 23.2 Å². The summed E-state index contributed by atoms with van der Waals surface area (Å²) in [4.78, 5) is 11.4. The Hall–Kier alpha value is -1.15. The highest BCUT2D eigenvalue weighted by molar-refractivity contribution is 6.30. The van der Waals surface area contributed by atoms with Gasteiger partial charge in [-0.25, -0.2) is 4.39 Å². The Morgan fingerprint density at radius 2 is 2.00 bits per heavy atom. The number of halogens is 2. The summed E-state index contributed by atoms with van der Waals surface area (Å²) in [6.07, 6.45) is 5.91. The average molecular weight is 253 g/mol. The standard InChI is InChI=1S/C14H14ClFO/c15-13-6-5-11(9-14(13)16)7-10-3-1-2-4-12(17)8-10/h5-6,8-9H,1-4,7H2. The fraction of sp³-hybridized carbons (Fsp3) is 0.357. The normalized spacial score (nSPS) is 16.6. The van der Waals surface area contributed by atoms with Gasteiger partial charge in [0.05, 0.1) is 5.02 Å². The number of rotatable bonds is 2. The van der Waals surface area contributed by atoms with Gasteiger partial charge in [0.2, 0.25) is 0 Å². The van der Waals surface area contributed by atoms with E-state index in [0.717, 1.165) is 30.4 Å². The minimum absolute atomic E-state index is 0.139. The molecule has 0 unspecified atom stereocenters. The third-order valence-electron chi connectivity index (χ3n) is 2.95. The van der Waals surface area contributed by atoms with Crippen molar-refractivity contribution in [2.45, 2.75) is 32.1 Å². The van der Waals surface area contributed by atoms with E-state index in [0.29, 0.717) is 12.8 Å². The van der Waals surface area contributed by atoms with E-state index in [2.05, 4.69) is 0 Å². The second-order valence-electron chi connectivity index (χ2n) is 4.40. The van der Waals surface area contributed by atoms with Crippen LogP contribution in [0.3, 0.4) is 0 Å². The lowest BCUT2D eigenvalue weighted by Gasteiger charge is -2.05. The van der Waals surface area contributed by atoms with Crippen molar-refractivity contribution in [1.29, 1.82) is 0 Å². The van der Waals surface area contributed by atoms with Gasteiger partial charge < -0.3 is 0 Å². The first-order valence-corrected chi connectivity index (χ1v) is 6.19. The molecule has 1 aromatic rings. The Morgan fingerprint density at radius 1 is 1.24 bits per heavy atom. The van der Waals surface area contributed by atoms with Crippen molar-refractivity contribution in [2.75, 3.05) is 0 Å². The lowest BCUT2D eigenvalue weighted by molar-refractivity contribution is -0.114. The molecule has 0 saturated carbocycles. The highest BCUT2D eigenvalue weighted by atomic mass is 35.5. The molecule has 0 spiro atoms. The van der Waals surface area contributed by atoms with E-state index < -0.39 is 5.82 Å². The Kier molecular flexibility index (Phi) is 3.95. The quantitative estimate of drug-likeness (QED) is 0.775. The lowest BCUT2D eigenvalue weighted by Crippen LogP contribution is -1.94. The molecule has 1 aliphatic carbocycles. The molecule has 0 fully saturated rings. The SMILES string of the molecule is O=C1C=C(Cc2ccc(Cl)c(F)c2)CCCC1. The summed E-state index contributed by atoms with van der Waals surface area (Å²) >= 11 is 5.63. The molecule has 1 aliphatic rings. The van der Waals surface area contributed by atoms with E-state index in [1.54, 1.807) is 12.1 Å². The fourth-order valence-corrected chi connectivity index (χ4v) is 2.19. The number of benzene rings is 1. The molecule has 2 rings (SSSR count). The van der Waals surface area contributed by atoms with Gasteiger partial charge >= 0.3 is 0 Å². The largest absolute Gasteiger partial charge is 0.295 e. The van der Waals surface area contributed by atoms with Crippen molar-refractivity contribution in [3.8, 4) is 0 Å². The van der Waals surface area contributed by atoms with Crippen LogP contribution < -0.4 is 0 Å². The van der Waals surface area contributed by atoms with Crippen LogP contribution in [-0.4, -0.2) is 5.78 Å². The van der Waals surface area contributed by atoms with Crippen LogP contribution in [0, 0.1) is 5.82 Å². The van der Waals surface area contributed by atoms with Crippen LogP contribution in [0.15, 0.2) is 29.8 Å². The molecule has 0 amide bonds. The highest BCUT2D eigenvalue weighted by Gasteiger charge is 2.10. The number of hydrogen-bond donors (Lipinski definition) is 0. The first-order valence-electron chi connectivity index (χ1n) is 5.81. The minimum Gasteiger partial charge on any atom is -0.295 e. The maximum Gasteiger partial charge on any atom is 0.155 e. The van der Waals surface area contributed by atoms with Gasteiger partial charge in [-0.3, -0.25) is 4.79 Å². The van der Waals surface area contributed by atoms with Gasteiger partial charge in [-0.15, -0.1) is 0 Å². The predicted molar refractivity (Wildman–Crippen MR) is 66.7 cm³/mol. The first-order chi connectivity index (χ1) is 8.15. The molecule has 1 aromatic carbocycles. The second kappa shape index (κ2) is 5.46. The van der Waals surface area contributed by atoms with E-state index in [4.69, 9.17) is 11.6 Å². The summed E-state index contributed by atoms with van der Waals surface area (Å²) in [6, 6.07) is 4.81. The van der Waals surface area contributed by atoms with E-state index in [1.807, 2.05) is 6.07 Å². The van der Waals surface area contributed by atoms with Crippen LogP contribution >= 0.6 is 11.6 Å². The molecule has 3 heteroatoms. The number of allylic oxidation sites excluding steroid dienone is 2. The van der Waals surface area contributed by atoms with E-state index >= 15 is 0 Å². The maximum atomic E-state index is 13.3. The molecule has 0 aliphatic heterocycles. The van der Waals surface area contributed by atoms with Crippen LogP contribution in [0.2, 0.25) is 5.02 Å². The van der Waals surface area contributed by atoms with E-state index in [9.17, 15) is 9.18 Å². The van der Waals surface area contributed by atoms with Crippen molar-refractivity contribution in [3.63, 3.8) is 0 Å². The molecule has 0 radical (unpaired) electrons. The van der Waals surface area contributed by atoms with Gasteiger partial charge in [0, 0.05) is 6.42 Å². The zero-order chi connectivity index (χ0) is 12.3. The van der Waals surface area contributed by atoms with Crippen molar-refractivity contribution in [3.05, 3.63) is 46.3 Å². The summed E-state index contributed by atoms with van der Waals surface area (Å²) in [5.74, 6) is -0.211. The first kappa shape index (κ1) is 12.3. The summed E-state index contributed by atoms with van der Waals surface area (Å²) in [6.45, 7) is 0. The maximum absolute atomic E-state index is 13.3. The monoisotopic (exact) mass is 252 g/mol. The smallest absolute Gasteiger partial charge is 0.155 e. The van der Waals surface area contributed by atoms with Crippen molar-refractivity contribution in [1.82, 2.24) is 0 Å². The summed E-state index contributed by atoms with van der Waals surface area (Å²) in [5.41, 5.74) is 1.96. The second-order valence-corrected chi connectivity index (χ2v) is 4.81. The Morgan fingerprint density at radius 3 is 2.76 bits per heavy atom. The molecule has 0 bridgehead atoms.